The highest BCUT2D eigenvalue weighted by Gasteiger charge is 2.10. The third-order valence-electron chi connectivity index (χ3n) is 3.27. The first kappa shape index (κ1) is 16.0. The van der Waals surface area contributed by atoms with Crippen LogP contribution in [-0.2, 0) is 4.79 Å². The van der Waals surface area contributed by atoms with Gasteiger partial charge in [0.1, 0.15) is 6.07 Å². The summed E-state index contributed by atoms with van der Waals surface area (Å²) < 4.78 is 0. The van der Waals surface area contributed by atoms with E-state index >= 15 is 0 Å². The second-order valence-corrected chi connectivity index (χ2v) is 5.74. The molecule has 0 aliphatic carbocycles. The van der Waals surface area contributed by atoms with Gasteiger partial charge in [0.25, 0.3) is 0 Å². The van der Waals surface area contributed by atoms with Gasteiger partial charge in [-0.1, -0.05) is 23.9 Å². The number of hydrogen-bond donors (Lipinski definition) is 1. The normalized spacial score (nSPS) is 10.1. The summed E-state index contributed by atoms with van der Waals surface area (Å²) in [5.74, 6) is 0.00834. The molecule has 2 rings (SSSR count). The minimum atomic E-state index is -0.188. The zero-order chi connectivity index (χ0) is 16.1. The number of nitriles is 1. The van der Waals surface area contributed by atoms with E-state index in [-0.39, 0.29) is 11.7 Å². The van der Waals surface area contributed by atoms with Crippen LogP contribution in [0.2, 0.25) is 0 Å². The lowest BCUT2D eigenvalue weighted by Gasteiger charge is -2.08. The highest BCUT2D eigenvalue weighted by atomic mass is 32.2. The minimum absolute atomic E-state index is 0.188. The van der Waals surface area contributed by atoms with Gasteiger partial charge in [0.2, 0.25) is 5.91 Å². The van der Waals surface area contributed by atoms with Gasteiger partial charge in [-0.25, -0.2) is 9.97 Å². The smallest absolute Gasteiger partial charge is 0.234 e. The average molecular weight is 312 g/mol. The number of para-hydroxylation sites is 1. The summed E-state index contributed by atoms with van der Waals surface area (Å²) in [6.07, 6.45) is 0. The van der Waals surface area contributed by atoms with Crippen molar-refractivity contribution in [3.8, 4) is 6.07 Å². The van der Waals surface area contributed by atoms with Gasteiger partial charge in [-0.3, -0.25) is 4.79 Å². The summed E-state index contributed by atoms with van der Waals surface area (Å²) in [5, 5.41) is 12.3. The van der Waals surface area contributed by atoms with Gasteiger partial charge in [-0.05, 0) is 38.5 Å². The van der Waals surface area contributed by atoms with Crippen molar-refractivity contribution in [2.24, 2.45) is 0 Å². The maximum Gasteiger partial charge on any atom is 0.234 e. The van der Waals surface area contributed by atoms with Crippen LogP contribution in [0.5, 0.6) is 0 Å². The van der Waals surface area contributed by atoms with E-state index < -0.39 is 0 Å². The summed E-state index contributed by atoms with van der Waals surface area (Å²) >= 11 is 1.28. The van der Waals surface area contributed by atoms with Crippen molar-refractivity contribution in [1.29, 1.82) is 5.26 Å². The maximum absolute atomic E-state index is 12.0. The van der Waals surface area contributed by atoms with Crippen LogP contribution < -0.4 is 5.32 Å². The zero-order valence-electron chi connectivity index (χ0n) is 12.7. The quantitative estimate of drug-likeness (QED) is 0.693. The fourth-order valence-electron chi connectivity index (χ4n) is 1.81. The van der Waals surface area contributed by atoms with Crippen LogP contribution in [0.4, 0.5) is 5.69 Å². The molecular weight excluding hydrogens is 296 g/mol. The average Bonchev–Trinajstić information content (AvgIpc) is 2.51. The van der Waals surface area contributed by atoms with E-state index in [2.05, 4.69) is 15.3 Å². The number of amides is 1. The van der Waals surface area contributed by atoms with Crippen molar-refractivity contribution in [2.75, 3.05) is 11.1 Å². The Kier molecular flexibility index (Phi) is 5.12. The topological polar surface area (TPSA) is 78.7 Å². The van der Waals surface area contributed by atoms with Gasteiger partial charge >= 0.3 is 0 Å². The Morgan fingerprint density at radius 3 is 2.50 bits per heavy atom. The van der Waals surface area contributed by atoms with Crippen LogP contribution in [0, 0.1) is 32.1 Å². The SMILES string of the molecule is Cc1nc(SCC(=O)Nc2ccccc2C#N)nc(C)c1C. The van der Waals surface area contributed by atoms with Gasteiger partial charge in [-0.2, -0.15) is 5.26 Å². The molecular formula is C16H16N4OS. The molecule has 6 heteroatoms. The Hall–Kier alpha value is -2.39. The molecule has 0 bridgehead atoms. The molecule has 112 valence electrons. The zero-order valence-corrected chi connectivity index (χ0v) is 13.5. The molecule has 1 aromatic heterocycles. The Bertz CT molecular complexity index is 729. The Labute approximate surface area is 133 Å². The highest BCUT2D eigenvalue weighted by molar-refractivity contribution is 7.99. The third-order valence-corrected chi connectivity index (χ3v) is 4.11. The van der Waals surface area contributed by atoms with Crippen molar-refractivity contribution < 1.29 is 4.79 Å². The Balaban J connectivity index is 2.00. The summed E-state index contributed by atoms with van der Waals surface area (Å²) in [7, 11) is 0. The fourth-order valence-corrected chi connectivity index (χ4v) is 2.55. The standard InChI is InChI=1S/C16H16N4OS/c1-10-11(2)18-16(19-12(10)3)22-9-15(21)20-14-7-5-4-6-13(14)8-17/h4-7H,9H2,1-3H3,(H,20,21). The molecule has 0 saturated heterocycles. The molecule has 0 aliphatic rings. The third kappa shape index (κ3) is 3.83. The maximum atomic E-state index is 12.0. The van der Waals surface area contributed by atoms with Crippen LogP contribution in [0.3, 0.4) is 0 Å². The molecule has 1 N–H and O–H groups in total. The number of nitrogens with zero attached hydrogens (tertiary/aromatic N) is 3. The summed E-state index contributed by atoms with van der Waals surface area (Å²) in [6.45, 7) is 5.83. The molecule has 0 spiro atoms. The predicted octanol–water partition coefficient (Wildman–Crippen LogP) is 3.00. The molecule has 1 amide bonds. The molecule has 0 fully saturated rings. The molecule has 0 saturated carbocycles. The largest absolute Gasteiger partial charge is 0.324 e. The number of thioether (sulfide) groups is 1. The van der Waals surface area contributed by atoms with Crippen molar-refractivity contribution in [3.05, 3.63) is 46.8 Å². The van der Waals surface area contributed by atoms with Crippen molar-refractivity contribution in [2.45, 2.75) is 25.9 Å². The molecule has 22 heavy (non-hydrogen) atoms. The number of anilines is 1. The summed E-state index contributed by atoms with van der Waals surface area (Å²) in [5.41, 5.74) is 3.87. The second kappa shape index (κ2) is 7.05. The van der Waals surface area contributed by atoms with E-state index in [4.69, 9.17) is 5.26 Å². The first-order valence-corrected chi connectivity index (χ1v) is 7.73. The number of aromatic nitrogens is 2. The number of hydrogen-bond acceptors (Lipinski definition) is 5. The van der Waals surface area contributed by atoms with E-state index in [1.165, 1.54) is 11.8 Å². The highest BCUT2D eigenvalue weighted by Crippen LogP contribution is 2.18. The van der Waals surface area contributed by atoms with Crippen molar-refractivity contribution >= 4 is 23.4 Å². The van der Waals surface area contributed by atoms with Crippen molar-refractivity contribution in [1.82, 2.24) is 9.97 Å². The predicted molar refractivity (Wildman–Crippen MR) is 86.8 cm³/mol. The van der Waals surface area contributed by atoms with E-state index in [1.54, 1.807) is 24.3 Å². The fraction of sp³-hybridized carbons (Fsp3) is 0.250. The van der Waals surface area contributed by atoms with Gasteiger partial charge in [-0.15, -0.1) is 0 Å². The van der Waals surface area contributed by atoms with Crippen LogP contribution >= 0.6 is 11.8 Å². The van der Waals surface area contributed by atoms with E-state index in [9.17, 15) is 4.79 Å². The Morgan fingerprint density at radius 2 is 1.86 bits per heavy atom. The lowest BCUT2D eigenvalue weighted by atomic mass is 10.2. The van der Waals surface area contributed by atoms with E-state index in [0.717, 1.165) is 17.0 Å². The van der Waals surface area contributed by atoms with E-state index in [1.807, 2.05) is 26.8 Å². The first-order valence-electron chi connectivity index (χ1n) is 6.75. The molecule has 1 heterocycles. The molecule has 0 radical (unpaired) electrons. The van der Waals surface area contributed by atoms with Crippen LogP contribution in [0.1, 0.15) is 22.5 Å². The molecule has 0 atom stereocenters. The summed E-state index contributed by atoms with van der Waals surface area (Å²) in [6, 6.07) is 8.96. The van der Waals surface area contributed by atoms with Gasteiger partial charge in [0.15, 0.2) is 5.16 Å². The van der Waals surface area contributed by atoms with Crippen molar-refractivity contribution in [3.63, 3.8) is 0 Å². The Morgan fingerprint density at radius 1 is 1.23 bits per heavy atom. The monoisotopic (exact) mass is 312 g/mol. The first-order chi connectivity index (χ1) is 10.5. The molecule has 0 unspecified atom stereocenters. The molecule has 1 aromatic carbocycles. The van der Waals surface area contributed by atoms with Gasteiger partial charge in [0, 0.05) is 11.4 Å². The van der Waals surface area contributed by atoms with Gasteiger partial charge < -0.3 is 5.32 Å². The summed E-state index contributed by atoms with van der Waals surface area (Å²) in [4.78, 5) is 20.7. The number of carbonyl (C=O) groups excluding carboxylic acids is 1. The minimum Gasteiger partial charge on any atom is -0.324 e. The number of rotatable bonds is 4. The molecule has 0 aliphatic heterocycles. The second-order valence-electron chi connectivity index (χ2n) is 4.80. The number of aryl methyl sites for hydroxylation is 2. The van der Waals surface area contributed by atoms with Crippen LogP contribution in [0.15, 0.2) is 29.4 Å². The van der Waals surface area contributed by atoms with Gasteiger partial charge in [0.05, 0.1) is 17.0 Å². The number of carbonyl (C=O) groups is 1. The van der Waals surface area contributed by atoms with E-state index in [0.29, 0.717) is 16.4 Å². The number of nitrogens with one attached hydrogen (secondary N) is 1. The molecule has 5 nitrogen and oxygen atoms in total. The van der Waals surface area contributed by atoms with Crippen LogP contribution in [0.25, 0.3) is 0 Å². The lowest BCUT2D eigenvalue weighted by molar-refractivity contribution is -0.113. The number of benzene rings is 1. The molecule has 2 aromatic rings. The van der Waals surface area contributed by atoms with Crippen LogP contribution in [-0.4, -0.2) is 21.6 Å². The lowest BCUT2D eigenvalue weighted by Crippen LogP contribution is -2.15.